The largest absolute Gasteiger partial charge is 0.397 e. The zero-order valence-corrected chi connectivity index (χ0v) is 12.6. The Morgan fingerprint density at radius 3 is 2.78 bits per heavy atom. The Hall–Kier alpha value is -0.860. The van der Waals surface area contributed by atoms with Crippen LogP contribution in [0.25, 0.3) is 0 Å². The fourth-order valence-corrected chi connectivity index (χ4v) is 2.59. The van der Waals surface area contributed by atoms with Gasteiger partial charge in [-0.1, -0.05) is 0 Å². The summed E-state index contributed by atoms with van der Waals surface area (Å²) in [5, 5.41) is 0. The van der Waals surface area contributed by atoms with Crippen LogP contribution in [0.3, 0.4) is 0 Å². The van der Waals surface area contributed by atoms with E-state index in [2.05, 4.69) is 25.6 Å². The third-order valence-electron chi connectivity index (χ3n) is 1.92. The van der Waals surface area contributed by atoms with E-state index in [0.717, 1.165) is 0 Å². The van der Waals surface area contributed by atoms with Crippen LogP contribution < -0.4 is 10.5 Å². The van der Waals surface area contributed by atoms with Crippen molar-refractivity contribution in [3.8, 4) is 0 Å². The first-order valence-electron chi connectivity index (χ1n) is 5.33. The standard InChI is InChI=1S/C10H16BrN3O3S/c1-7(2)17-3-4-18(15,16)14-10-9(11)5-8(12)6-13-10/h5-7H,3-4,12H2,1-2H3,(H,13,14). The predicted octanol–water partition coefficient (Wildman–Crippen LogP) is 1.59. The van der Waals surface area contributed by atoms with Crippen molar-refractivity contribution in [2.45, 2.75) is 20.0 Å². The van der Waals surface area contributed by atoms with Gasteiger partial charge in [-0.15, -0.1) is 0 Å². The molecule has 1 aromatic rings. The SMILES string of the molecule is CC(C)OCCS(=O)(=O)Nc1ncc(N)cc1Br. The molecule has 0 amide bonds. The predicted molar refractivity (Wildman–Crippen MR) is 74.8 cm³/mol. The number of aromatic nitrogens is 1. The van der Waals surface area contributed by atoms with Crippen LogP contribution >= 0.6 is 15.9 Å². The van der Waals surface area contributed by atoms with Crippen molar-refractivity contribution in [2.24, 2.45) is 0 Å². The number of hydrogen-bond donors (Lipinski definition) is 2. The highest BCUT2D eigenvalue weighted by Crippen LogP contribution is 2.22. The summed E-state index contributed by atoms with van der Waals surface area (Å²) in [4.78, 5) is 3.90. The van der Waals surface area contributed by atoms with Crippen molar-refractivity contribution in [3.05, 3.63) is 16.7 Å². The molecule has 1 heterocycles. The molecule has 0 saturated carbocycles. The number of hydrogen-bond acceptors (Lipinski definition) is 5. The molecule has 0 aromatic carbocycles. The molecule has 0 aliphatic carbocycles. The van der Waals surface area contributed by atoms with Gasteiger partial charge in [0.25, 0.3) is 0 Å². The second-order valence-electron chi connectivity index (χ2n) is 3.94. The Kier molecular flexibility index (Phi) is 5.36. The summed E-state index contributed by atoms with van der Waals surface area (Å²) >= 11 is 3.19. The molecule has 0 spiro atoms. The van der Waals surface area contributed by atoms with Gasteiger partial charge in [0, 0.05) is 0 Å². The molecule has 8 heteroatoms. The van der Waals surface area contributed by atoms with Gasteiger partial charge in [-0.2, -0.15) is 0 Å². The second-order valence-corrected chi connectivity index (χ2v) is 6.64. The van der Waals surface area contributed by atoms with Gasteiger partial charge in [0.2, 0.25) is 10.0 Å². The van der Waals surface area contributed by atoms with Gasteiger partial charge in [0.15, 0.2) is 5.82 Å². The Morgan fingerprint density at radius 2 is 2.22 bits per heavy atom. The summed E-state index contributed by atoms with van der Waals surface area (Å²) in [6.07, 6.45) is 1.38. The molecule has 6 nitrogen and oxygen atoms in total. The van der Waals surface area contributed by atoms with Crippen LogP contribution in [0, 0.1) is 0 Å². The van der Waals surface area contributed by atoms with E-state index in [-0.39, 0.29) is 24.3 Å². The first-order valence-corrected chi connectivity index (χ1v) is 7.78. The number of pyridine rings is 1. The first-order chi connectivity index (χ1) is 8.30. The Bertz CT molecular complexity index is 505. The average molecular weight is 338 g/mol. The number of nitrogens with two attached hydrogens (primary N) is 1. The van der Waals surface area contributed by atoms with Gasteiger partial charge in [-0.3, -0.25) is 4.72 Å². The normalized spacial score (nSPS) is 11.8. The van der Waals surface area contributed by atoms with Crippen molar-refractivity contribution in [2.75, 3.05) is 22.8 Å². The van der Waals surface area contributed by atoms with Gasteiger partial charge in [0.05, 0.1) is 34.8 Å². The number of halogens is 1. The maximum atomic E-state index is 11.7. The number of nitrogen functional groups attached to an aromatic ring is 1. The maximum Gasteiger partial charge on any atom is 0.236 e. The monoisotopic (exact) mass is 337 g/mol. The van der Waals surface area contributed by atoms with Crippen molar-refractivity contribution < 1.29 is 13.2 Å². The highest BCUT2D eigenvalue weighted by molar-refractivity contribution is 9.10. The number of ether oxygens (including phenoxy) is 1. The zero-order chi connectivity index (χ0) is 13.8. The third kappa shape index (κ3) is 5.19. The van der Waals surface area contributed by atoms with Gasteiger partial charge in [-0.25, -0.2) is 13.4 Å². The van der Waals surface area contributed by atoms with Gasteiger partial charge in [-0.05, 0) is 35.8 Å². The topological polar surface area (TPSA) is 94.3 Å². The maximum absolute atomic E-state index is 11.7. The number of nitrogens with one attached hydrogen (secondary N) is 1. The number of sulfonamides is 1. The minimum absolute atomic E-state index is 0.00147. The van der Waals surface area contributed by atoms with Crippen molar-refractivity contribution in [1.29, 1.82) is 0 Å². The van der Waals surface area contributed by atoms with Crippen LogP contribution in [0.2, 0.25) is 0 Å². The highest BCUT2D eigenvalue weighted by Gasteiger charge is 2.13. The van der Waals surface area contributed by atoms with Crippen LogP contribution in [0.4, 0.5) is 11.5 Å². The Morgan fingerprint density at radius 1 is 1.56 bits per heavy atom. The molecule has 3 N–H and O–H groups in total. The average Bonchev–Trinajstić information content (AvgIpc) is 2.21. The fraction of sp³-hybridized carbons (Fsp3) is 0.500. The van der Waals surface area contributed by atoms with E-state index in [9.17, 15) is 8.42 Å². The lowest BCUT2D eigenvalue weighted by molar-refractivity contribution is 0.0913. The van der Waals surface area contributed by atoms with Crippen LogP contribution in [-0.2, 0) is 14.8 Å². The number of nitrogens with zero attached hydrogens (tertiary/aromatic N) is 1. The molecule has 1 rings (SSSR count). The molecule has 0 radical (unpaired) electrons. The van der Waals surface area contributed by atoms with Gasteiger partial charge < -0.3 is 10.5 Å². The summed E-state index contributed by atoms with van der Waals surface area (Å²) in [7, 11) is -3.47. The van der Waals surface area contributed by atoms with E-state index in [0.29, 0.717) is 10.2 Å². The molecule has 0 saturated heterocycles. The quantitative estimate of drug-likeness (QED) is 0.821. The molecular weight excluding hydrogens is 322 g/mol. The smallest absolute Gasteiger partial charge is 0.236 e. The minimum Gasteiger partial charge on any atom is -0.397 e. The molecule has 0 aliphatic rings. The molecule has 0 unspecified atom stereocenters. The summed E-state index contributed by atoms with van der Waals surface area (Å²) in [5.41, 5.74) is 5.97. The second kappa shape index (κ2) is 6.35. The van der Waals surface area contributed by atoms with Crippen LogP contribution in [-0.4, -0.2) is 31.9 Å². The molecule has 0 bridgehead atoms. The van der Waals surface area contributed by atoms with E-state index in [1.807, 2.05) is 13.8 Å². The lowest BCUT2D eigenvalue weighted by Crippen LogP contribution is -2.22. The summed E-state index contributed by atoms with van der Waals surface area (Å²) in [6.45, 7) is 3.83. The van der Waals surface area contributed by atoms with E-state index < -0.39 is 10.0 Å². The van der Waals surface area contributed by atoms with Gasteiger partial charge in [0.1, 0.15) is 0 Å². The molecule has 0 fully saturated rings. The van der Waals surface area contributed by atoms with Crippen LogP contribution in [0.15, 0.2) is 16.7 Å². The number of anilines is 2. The zero-order valence-electron chi connectivity index (χ0n) is 10.2. The highest BCUT2D eigenvalue weighted by atomic mass is 79.9. The van der Waals surface area contributed by atoms with E-state index in [1.165, 1.54) is 6.20 Å². The molecule has 1 aromatic heterocycles. The fourth-order valence-electron chi connectivity index (χ4n) is 1.12. The van der Waals surface area contributed by atoms with Crippen molar-refractivity contribution in [3.63, 3.8) is 0 Å². The molecule has 0 atom stereocenters. The van der Waals surface area contributed by atoms with E-state index in [4.69, 9.17) is 10.5 Å². The Labute approximate surface area is 115 Å². The van der Waals surface area contributed by atoms with Crippen molar-refractivity contribution >= 4 is 37.5 Å². The Balaban J connectivity index is 2.65. The first kappa shape index (κ1) is 15.2. The van der Waals surface area contributed by atoms with E-state index in [1.54, 1.807) is 6.07 Å². The number of rotatable bonds is 6. The molecule has 18 heavy (non-hydrogen) atoms. The summed E-state index contributed by atoms with van der Waals surface area (Å²) < 4.78 is 31.5. The molecular formula is C10H16BrN3O3S. The third-order valence-corrected chi connectivity index (χ3v) is 3.73. The summed E-state index contributed by atoms with van der Waals surface area (Å²) in [5.74, 6) is 0.0951. The lowest BCUT2D eigenvalue weighted by atomic mass is 10.4. The molecule has 0 aliphatic heterocycles. The van der Waals surface area contributed by atoms with Crippen LogP contribution in [0.1, 0.15) is 13.8 Å². The summed E-state index contributed by atoms with van der Waals surface area (Å²) in [6, 6.07) is 1.58. The van der Waals surface area contributed by atoms with E-state index >= 15 is 0 Å². The molecule has 102 valence electrons. The van der Waals surface area contributed by atoms with Crippen molar-refractivity contribution in [1.82, 2.24) is 4.98 Å². The lowest BCUT2D eigenvalue weighted by Gasteiger charge is -2.10. The van der Waals surface area contributed by atoms with Crippen LogP contribution in [0.5, 0.6) is 0 Å². The minimum atomic E-state index is -3.47. The van der Waals surface area contributed by atoms with Gasteiger partial charge >= 0.3 is 0 Å².